The number of amides is 1. The summed E-state index contributed by atoms with van der Waals surface area (Å²) < 4.78 is 5.31. The Morgan fingerprint density at radius 1 is 0.771 bits per heavy atom. The maximum atomic E-state index is 12.6. The molecule has 0 bridgehead atoms. The molecule has 0 spiro atoms. The van der Waals surface area contributed by atoms with E-state index in [0.29, 0.717) is 34.7 Å². The highest BCUT2D eigenvalue weighted by Gasteiger charge is 2.14. The molecular formula is C26H21N7O2. The Bertz CT molecular complexity index is 1440. The van der Waals surface area contributed by atoms with E-state index in [1.165, 1.54) is 0 Å². The number of anilines is 5. The van der Waals surface area contributed by atoms with Crippen molar-refractivity contribution in [1.82, 2.24) is 20.1 Å². The molecule has 0 aliphatic rings. The van der Waals surface area contributed by atoms with Gasteiger partial charge in [0.25, 0.3) is 5.91 Å². The molecule has 1 amide bonds. The lowest BCUT2D eigenvalue weighted by Gasteiger charge is -2.10. The first-order chi connectivity index (χ1) is 17.1. The Balaban J connectivity index is 1.23. The Morgan fingerprint density at radius 2 is 1.49 bits per heavy atom. The molecule has 35 heavy (non-hydrogen) atoms. The standard InChI is InChI=1S/C26H21N7O2/c1-17-28-24(16-25(29-17)32-23-9-5-6-14-27-23)30-19-10-12-20(13-11-19)31-26(34)21-15-22(35-33-21)18-7-3-2-4-8-18/h2-16H,1H3,(H,31,34)(H2,27,28,29,30,32). The van der Waals surface area contributed by atoms with Gasteiger partial charge in [-0.2, -0.15) is 0 Å². The van der Waals surface area contributed by atoms with Crippen molar-refractivity contribution in [1.29, 1.82) is 0 Å². The SMILES string of the molecule is Cc1nc(Nc2ccc(NC(=O)c3cc(-c4ccccc4)on3)cc2)cc(Nc2ccccn2)n1. The van der Waals surface area contributed by atoms with Gasteiger partial charge in [-0.05, 0) is 43.3 Å². The largest absolute Gasteiger partial charge is 0.355 e. The zero-order chi connectivity index (χ0) is 24.0. The maximum Gasteiger partial charge on any atom is 0.277 e. The normalized spacial score (nSPS) is 10.5. The Hall–Kier alpha value is -5.05. The summed E-state index contributed by atoms with van der Waals surface area (Å²) in [6, 6.07) is 25.8. The van der Waals surface area contributed by atoms with Gasteiger partial charge in [0, 0.05) is 35.3 Å². The summed E-state index contributed by atoms with van der Waals surface area (Å²) in [4.78, 5) is 25.7. The maximum absolute atomic E-state index is 12.6. The van der Waals surface area contributed by atoms with E-state index in [0.717, 1.165) is 11.3 Å². The first-order valence-electron chi connectivity index (χ1n) is 10.9. The van der Waals surface area contributed by atoms with Crippen LogP contribution in [0.25, 0.3) is 11.3 Å². The Kier molecular flexibility index (Phi) is 6.12. The van der Waals surface area contributed by atoms with Gasteiger partial charge in [0.15, 0.2) is 11.5 Å². The number of hydrogen-bond donors (Lipinski definition) is 3. The lowest BCUT2D eigenvalue weighted by molar-refractivity contribution is 0.101. The van der Waals surface area contributed by atoms with Crippen LogP contribution in [0.3, 0.4) is 0 Å². The molecule has 172 valence electrons. The van der Waals surface area contributed by atoms with Gasteiger partial charge in [0.2, 0.25) is 0 Å². The third-order valence-corrected chi connectivity index (χ3v) is 4.98. The van der Waals surface area contributed by atoms with E-state index >= 15 is 0 Å². The van der Waals surface area contributed by atoms with Crippen LogP contribution < -0.4 is 16.0 Å². The van der Waals surface area contributed by atoms with E-state index in [1.54, 1.807) is 30.5 Å². The number of hydrogen-bond acceptors (Lipinski definition) is 8. The van der Waals surface area contributed by atoms with Crippen molar-refractivity contribution in [2.45, 2.75) is 6.92 Å². The van der Waals surface area contributed by atoms with E-state index in [-0.39, 0.29) is 11.6 Å². The lowest BCUT2D eigenvalue weighted by Crippen LogP contribution is -2.12. The fourth-order valence-electron chi connectivity index (χ4n) is 3.36. The van der Waals surface area contributed by atoms with E-state index in [1.807, 2.05) is 67.6 Å². The van der Waals surface area contributed by atoms with Crippen molar-refractivity contribution >= 4 is 34.7 Å². The molecule has 0 saturated heterocycles. The lowest BCUT2D eigenvalue weighted by atomic mass is 10.1. The number of aromatic nitrogens is 4. The van der Waals surface area contributed by atoms with Crippen molar-refractivity contribution in [3.8, 4) is 11.3 Å². The van der Waals surface area contributed by atoms with E-state index in [2.05, 4.69) is 36.1 Å². The summed E-state index contributed by atoms with van der Waals surface area (Å²) in [5.41, 5.74) is 2.49. The third-order valence-electron chi connectivity index (χ3n) is 4.98. The number of aryl methyl sites for hydroxylation is 1. The quantitative estimate of drug-likeness (QED) is 0.286. The zero-order valence-electron chi connectivity index (χ0n) is 18.8. The predicted molar refractivity (Wildman–Crippen MR) is 134 cm³/mol. The second-order valence-corrected chi connectivity index (χ2v) is 7.62. The van der Waals surface area contributed by atoms with Crippen molar-refractivity contribution in [3.05, 3.63) is 103 Å². The predicted octanol–water partition coefficient (Wildman–Crippen LogP) is 5.57. The van der Waals surface area contributed by atoms with Crippen molar-refractivity contribution in [2.75, 3.05) is 16.0 Å². The van der Waals surface area contributed by atoms with Gasteiger partial charge in [-0.1, -0.05) is 41.6 Å². The van der Waals surface area contributed by atoms with E-state index < -0.39 is 0 Å². The summed E-state index contributed by atoms with van der Waals surface area (Å²) in [5.74, 6) is 2.74. The van der Waals surface area contributed by atoms with Crippen LogP contribution in [0.2, 0.25) is 0 Å². The molecule has 0 radical (unpaired) electrons. The fourth-order valence-corrected chi connectivity index (χ4v) is 3.36. The van der Waals surface area contributed by atoms with Crippen molar-refractivity contribution in [2.24, 2.45) is 0 Å². The minimum Gasteiger partial charge on any atom is -0.355 e. The number of rotatable bonds is 7. The summed E-state index contributed by atoms with van der Waals surface area (Å²) in [7, 11) is 0. The average Bonchev–Trinajstić information content (AvgIpc) is 3.37. The highest BCUT2D eigenvalue weighted by Crippen LogP contribution is 2.23. The highest BCUT2D eigenvalue weighted by molar-refractivity contribution is 6.03. The molecule has 0 aliphatic heterocycles. The molecule has 9 heteroatoms. The smallest absolute Gasteiger partial charge is 0.277 e. The van der Waals surface area contributed by atoms with Crippen LogP contribution in [-0.4, -0.2) is 26.0 Å². The van der Waals surface area contributed by atoms with Crippen molar-refractivity contribution in [3.63, 3.8) is 0 Å². The number of carbonyl (C=O) groups is 1. The second kappa shape index (κ2) is 9.84. The molecule has 3 aromatic heterocycles. The van der Waals surface area contributed by atoms with E-state index in [4.69, 9.17) is 4.52 Å². The van der Waals surface area contributed by atoms with Crippen LogP contribution in [-0.2, 0) is 0 Å². The number of carbonyl (C=O) groups excluding carboxylic acids is 1. The Labute approximate surface area is 201 Å². The molecule has 3 N–H and O–H groups in total. The average molecular weight is 464 g/mol. The van der Waals surface area contributed by atoms with Crippen LogP contribution in [0, 0.1) is 6.92 Å². The molecule has 2 aromatic carbocycles. The van der Waals surface area contributed by atoms with Crippen LogP contribution in [0.5, 0.6) is 0 Å². The summed E-state index contributed by atoms with van der Waals surface area (Å²) in [5, 5.41) is 13.1. The second-order valence-electron chi connectivity index (χ2n) is 7.62. The first kappa shape index (κ1) is 21.8. The van der Waals surface area contributed by atoms with Gasteiger partial charge in [-0.15, -0.1) is 0 Å². The molecular weight excluding hydrogens is 442 g/mol. The van der Waals surface area contributed by atoms with Crippen LogP contribution in [0.1, 0.15) is 16.3 Å². The van der Waals surface area contributed by atoms with Gasteiger partial charge < -0.3 is 20.5 Å². The fraction of sp³-hybridized carbons (Fsp3) is 0.0385. The molecule has 0 unspecified atom stereocenters. The number of nitrogens with zero attached hydrogens (tertiary/aromatic N) is 4. The van der Waals surface area contributed by atoms with Crippen molar-refractivity contribution < 1.29 is 9.32 Å². The first-order valence-corrected chi connectivity index (χ1v) is 10.9. The number of pyridine rings is 1. The van der Waals surface area contributed by atoms with Crippen LogP contribution in [0.4, 0.5) is 28.8 Å². The van der Waals surface area contributed by atoms with Gasteiger partial charge in [-0.3, -0.25) is 4.79 Å². The summed E-state index contributed by atoms with van der Waals surface area (Å²) >= 11 is 0. The number of benzene rings is 2. The molecule has 9 nitrogen and oxygen atoms in total. The molecule has 0 atom stereocenters. The summed E-state index contributed by atoms with van der Waals surface area (Å²) in [6.45, 7) is 1.82. The van der Waals surface area contributed by atoms with Gasteiger partial charge in [0.05, 0.1) is 0 Å². The summed E-state index contributed by atoms with van der Waals surface area (Å²) in [6.07, 6.45) is 1.71. The van der Waals surface area contributed by atoms with Crippen LogP contribution in [0.15, 0.2) is 95.6 Å². The minimum absolute atomic E-state index is 0.204. The molecule has 0 aliphatic carbocycles. The topological polar surface area (TPSA) is 118 Å². The molecule has 0 fully saturated rings. The monoisotopic (exact) mass is 463 g/mol. The van der Waals surface area contributed by atoms with Gasteiger partial charge in [-0.25, -0.2) is 15.0 Å². The van der Waals surface area contributed by atoms with Crippen LogP contribution >= 0.6 is 0 Å². The van der Waals surface area contributed by atoms with Gasteiger partial charge >= 0.3 is 0 Å². The third kappa shape index (κ3) is 5.48. The van der Waals surface area contributed by atoms with Gasteiger partial charge in [0.1, 0.15) is 23.3 Å². The molecule has 5 rings (SSSR count). The highest BCUT2D eigenvalue weighted by atomic mass is 16.5. The molecule has 5 aromatic rings. The minimum atomic E-state index is -0.353. The molecule has 3 heterocycles. The number of nitrogens with one attached hydrogen (secondary N) is 3. The Morgan fingerprint density at radius 3 is 2.23 bits per heavy atom. The zero-order valence-corrected chi connectivity index (χ0v) is 18.8. The molecule has 0 saturated carbocycles. The van der Waals surface area contributed by atoms with E-state index in [9.17, 15) is 4.79 Å².